The molecule has 0 heterocycles. The third-order valence-electron chi connectivity index (χ3n) is 1.23. The number of amides is 1. The Morgan fingerprint density at radius 3 is 2.85 bits per heavy atom. The zero-order valence-electron chi connectivity index (χ0n) is 7.63. The zero-order valence-corrected chi connectivity index (χ0v) is 8.44. The largest absolute Gasteiger partial charge is 0.359 e. The molecule has 0 fully saturated rings. The van der Waals surface area contributed by atoms with Crippen LogP contribution in [0.25, 0.3) is 0 Å². The molecule has 0 aliphatic rings. The van der Waals surface area contributed by atoms with E-state index in [1.165, 1.54) is 11.8 Å². The van der Waals surface area contributed by atoms with Crippen molar-refractivity contribution in [1.29, 1.82) is 5.26 Å². The van der Waals surface area contributed by atoms with Gasteiger partial charge < -0.3 is 5.32 Å². The molecular weight excluding hydrogens is 188 g/mol. The fourth-order valence-electron chi connectivity index (χ4n) is 0.587. The van der Waals surface area contributed by atoms with Crippen LogP contribution in [-0.2, 0) is 4.79 Å². The van der Waals surface area contributed by atoms with Gasteiger partial charge in [0.05, 0.1) is 6.54 Å². The summed E-state index contributed by atoms with van der Waals surface area (Å²) in [6, 6.07) is 0. The molecule has 0 saturated heterocycles. The van der Waals surface area contributed by atoms with E-state index in [0.717, 1.165) is 0 Å². The van der Waals surface area contributed by atoms with Crippen LogP contribution < -0.4 is 10.6 Å². The number of nitrogens with one attached hydrogen (secondary N) is 2. The maximum Gasteiger partial charge on any atom is 0.221 e. The highest BCUT2D eigenvalue weighted by atomic mass is 32.2. The summed E-state index contributed by atoms with van der Waals surface area (Å²) >= 11 is 1.34. The number of amidine groups is 1. The van der Waals surface area contributed by atoms with E-state index in [1.807, 2.05) is 6.26 Å². The summed E-state index contributed by atoms with van der Waals surface area (Å²) in [5.74, 6) is -0.0545. The summed E-state index contributed by atoms with van der Waals surface area (Å²) in [5.41, 5.74) is 0. The van der Waals surface area contributed by atoms with E-state index in [2.05, 4.69) is 15.6 Å². The third kappa shape index (κ3) is 5.99. The summed E-state index contributed by atoms with van der Waals surface area (Å²) in [6.45, 7) is 0.393. The first-order chi connectivity index (χ1) is 6.24. The fraction of sp³-hybridized carbons (Fsp3) is 0.571. The lowest BCUT2D eigenvalue weighted by atomic mass is 10.4. The molecule has 0 spiro atoms. The van der Waals surface area contributed by atoms with E-state index in [-0.39, 0.29) is 5.91 Å². The Bertz CT molecular complexity index is 233. The predicted molar refractivity (Wildman–Crippen MR) is 53.2 cm³/mol. The summed E-state index contributed by atoms with van der Waals surface area (Å²) < 4.78 is 0. The number of nitrogens with zero attached hydrogens (tertiary/aromatic N) is 2. The van der Waals surface area contributed by atoms with Crippen LogP contribution in [0.1, 0.15) is 6.42 Å². The van der Waals surface area contributed by atoms with Gasteiger partial charge in [-0.15, -0.1) is 0 Å². The van der Waals surface area contributed by atoms with Crippen molar-refractivity contribution in [3.63, 3.8) is 0 Å². The molecule has 0 aliphatic heterocycles. The Labute approximate surface area is 81.6 Å². The van der Waals surface area contributed by atoms with E-state index in [0.29, 0.717) is 18.1 Å². The number of hydrogen-bond acceptors (Lipinski definition) is 4. The SMILES string of the molecule is CNC(=O)CCN=C(NC#N)SC. The summed E-state index contributed by atoms with van der Waals surface area (Å²) in [7, 11) is 1.58. The van der Waals surface area contributed by atoms with Crippen molar-refractivity contribution < 1.29 is 4.79 Å². The number of aliphatic imine (C=N–C) groups is 1. The van der Waals surface area contributed by atoms with Crippen LogP contribution >= 0.6 is 11.8 Å². The quantitative estimate of drug-likeness (QED) is 0.289. The molecule has 0 aromatic heterocycles. The Hall–Kier alpha value is -1.22. The zero-order chi connectivity index (χ0) is 10.1. The molecule has 5 nitrogen and oxygen atoms in total. The Morgan fingerprint density at radius 1 is 1.69 bits per heavy atom. The Kier molecular flexibility index (Phi) is 6.73. The molecule has 0 radical (unpaired) electrons. The summed E-state index contributed by atoms with van der Waals surface area (Å²) in [6.07, 6.45) is 3.92. The van der Waals surface area contributed by atoms with Crippen LogP contribution in [0.2, 0.25) is 0 Å². The first-order valence-corrected chi connectivity index (χ1v) is 4.91. The second-order valence-corrected chi connectivity index (χ2v) is 2.85. The van der Waals surface area contributed by atoms with Crippen LogP contribution in [0.15, 0.2) is 4.99 Å². The van der Waals surface area contributed by atoms with E-state index in [1.54, 1.807) is 13.2 Å². The van der Waals surface area contributed by atoms with Gasteiger partial charge in [0.1, 0.15) is 0 Å². The maximum atomic E-state index is 10.8. The molecule has 0 bridgehead atoms. The van der Waals surface area contributed by atoms with E-state index in [9.17, 15) is 4.79 Å². The number of nitriles is 1. The average Bonchev–Trinajstić information content (AvgIpc) is 2.16. The van der Waals surface area contributed by atoms with Crippen molar-refractivity contribution in [3.8, 4) is 6.19 Å². The first-order valence-electron chi connectivity index (χ1n) is 3.68. The van der Waals surface area contributed by atoms with Crippen molar-refractivity contribution in [2.75, 3.05) is 19.8 Å². The monoisotopic (exact) mass is 200 g/mol. The second-order valence-electron chi connectivity index (χ2n) is 2.05. The molecule has 0 rings (SSSR count). The third-order valence-corrected chi connectivity index (χ3v) is 1.85. The Morgan fingerprint density at radius 2 is 2.38 bits per heavy atom. The number of carbonyl (C=O) groups is 1. The topological polar surface area (TPSA) is 77.3 Å². The lowest BCUT2D eigenvalue weighted by Crippen LogP contribution is -2.19. The highest BCUT2D eigenvalue weighted by Gasteiger charge is 1.97. The molecule has 2 N–H and O–H groups in total. The van der Waals surface area contributed by atoms with Gasteiger partial charge in [-0.3, -0.25) is 15.1 Å². The highest BCUT2D eigenvalue weighted by Crippen LogP contribution is 1.94. The van der Waals surface area contributed by atoms with E-state index in [4.69, 9.17) is 5.26 Å². The summed E-state index contributed by atoms with van der Waals surface area (Å²) in [5, 5.41) is 13.7. The van der Waals surface area contributed by atoms with Gasteiger partial charge in [-0.2, -0.15) is 5.26 Å². The molecule has 0 atom stereocenters. The van der Waals surface area contributed by atoms with Crippen LogP contribution in [0, 0.1) is 11.5 Å². The minimum Gasteiger partial charge on any atom is -0.359 e. The minimum absolute atomic E-state index is 0.0545. The van der Waals surface area contributed by atoms with Crippen LogP contribution in [0.4, 0.5) is 0 Å². The van der Waals surface area contributed by atoms with Crippen molar-refractivity contribution >= 4 is 22.8 Å². The number of rotatable bonds is 3. The summed E-state index contributed by atoms with van der Waals surface area (Å²) in [4.78, 5) is 14.8. The van der Waals surface area contributed by atoms with Gasteiger partial charge in [-0.05, 0) is 6.26 Å². The van der Waals surface area contributed by atoms with Crippen LogP contribution in [0.5, 0.6) is 0 Å². The van der Waals surface area contributed by atoms with Gasteiger partial charge in [-0.25, -0.2) is 0 Å². The van der Waals surface area contributed by atoms with Crippen molar-refractivity contribution in [1.82, 2.24) is 10.6 Å². The van der Waals surface area contributed by atoms with Gasteiger partial charge in [0.15, 0.2) is 11.4 Å². The van der Waals surface area contributed by atoms with Gasteiger partial charge in [0, 0.05) is 13.5 Å². The smallest absolute Gasteiger partial charge is 0.221 e. The van der Waals surface area contributed by atoms with Gasteiger partial charge in [-0.1, -0.05) is 11.8 Å². The number of carbonyl (C=O) groups excluding carboxylic acids is 1. The van der Waals surface area contributed by atoms with E-state index < -0.39 is 0 Å². The Balaban J connectivity index is 3.80. The van der Waals surface area contributed by atoms with E-state index >= 15 is 0 Å². The molecule has 0 unspecified atom stereocenters. The number of hydrogen-bond donors (Lipinski definition) is 2. The van der Waals surface area contributed by atoms with Gasteiger partial charge in [0.2, 0.25) is 5.91 Å². The predicted octanol–water partition coefficient (Wildman–Crippen LogP) is -0.0878. The van der Waals surface area contributed by atoms with Crippen molar-refractivity contribution in [2.45, 2.75) is 6.42 Å². The number of thioether (sulfide) groups is 1. The van der Waals surface area contributed by atoms with Crippen LogP contribution in [0.3, 0.4) is 0 Å². The highest BCUT2D eigenvalue weighted by molar-refractivity contribution is 8.13. The normalized spacial score (nSPS) is 10.4. The average molecular weight is 200 g/mol. The first kappa shape index (κ1) is 11.8. The lowest BCUT2D eigenvalue weighted by molar-refractivity contribution is -0.120. The maximum absolute atomic E-state index is 10.8. The molecule has 72 valence electrons. The molecule has 0 saturated carbocycles. The fourth-order valence-corrected chi connectivity index (χ4v) is 0.955. The minimum atomic E-state index is -0.0545. The molecule has 13 heavy (non-hydrogen) atoms. The van der Waals surface area contributed by atoms with Crippen molar-refractivity contribution in [3.05, 3.63) is 0 Å². The molecular formula is C7H12N4OS. The molecule has 1 amide bonds. The molecule has 0 aromatic rings. The standard InChI is InChI=1S/C7H12N4OS/c1-9-6(12)3-4-10-7(13-2)11-5-8/h3-4H2,1-2H3,(H,9,12)(H,10,11). The van der Waals surface area contributed by atoms with Crippen LogP contribution in [-0.4, -0.2) is 30.9 Å². The van der Waals surface area contributed by atoms with Crippen molar-refractivity contribution in [2.24, 2.45) is 4.99 Å². The van der Waals surface area contributed by atoms with Gasteiger partial charge in [0.25, 0.3) is 0 Å². The van der Waals surface area contributed by atoms with Gasteiger partial charge >= 0.3 is 0 Å². The molecule has 0 aliphatic carbocycles. The second kappa shape index (κ2) is 7.43. The lowest BCUT2D eigenvalue weighted by Gasteiger charge is -1.99. The molecule has 0 aromatic carbocycles. The molecule has 6 heteroatoms.